The number of hydrogen-bond donors (Lipinski definition) is 2. The van der Waals surface area contributed by atoms with Crippen molar-refractivity contribution in [1.29, 1.82) is 0 Å². The van der Waals surface area contributed by atoms with Gasteiger partial charge in [0.2, 0.25) is 5.91 Å². The monoisotopic (exact) mass is 445 g/mol. The third-order valence-electron chi connectivity index (χ3n) is 6.52. The number of hydrogen-bond acceptors (Lipinski definition) is 4. The molecule has 4 aromatic rings. The van der Waals surface area contributed by atoms with Crippen LogP contribution >= 0.6 is 0 Å². The molecule has 0 unspecified atom stereocenters. The Morgan fingerprint density at radius 1 is 1.09 bits per heavy atom. The number of piperidine rings is 1. The predicted molar refractivity (Wildman–Crippen MR) is 127 cm³/mol. The van der Waals surface area contributed by atoms with E-state index in [1.54, 1.807) is 6.07 Å². The summed E-state index contributed by atoms with van der Waals surface area (Å²) in [5.74, 6) is 0.720. The van der Waals surface area contributed by atoms with E-state index in [0.29, 0.717) is 49.1 Å². The fourth-order valence-corrected chi connectivity index (χ4v) is 4.80. The Balaban J connectivity index is 1.17. The first-order valence-corrected chi connectivity index (χ1v) is 11.5. The van der Waals surface area contributed by atoms with Crippen molar-refractivity contribution in [3.8, 4) is 0 Å². The molecule has 2 aromatic carbocycles. The van der Waals surface area contributed by atoms with Gasteiger partial charge in [0.1, 0.15) is 5.82 Å². The molecule has 0 radical (unpaired) electrons. The second kappa shape index (κ2) is 8.69. The van der Waals surface area contributed by atoms with Gasteiger partial charge in [0.25, 0.3) is 5.56 Å². The lowest BCUT2D eigenvalue weighted by molar-refractivity contribution is -0.132. The molecular formula is C25H27N5O3. The number of carbonyl (C=O) groups is 1. The number of nitrogens with one attached hydrogen (secondary N) is 2. The summed E-state index contributed by atoms with van der Waals surface area (Å²) in [4.78, 5) is 49.6. The molecule has 2 aromatic heterocycles. The van der Waals surface area contributed by atoms with E-state index in [9.17, 15) is 14.4 Å². The lowest BCUT2D eigenvalue weighted by Gasteiger charge is -2.32. The lowest BCUT2D eigenvalue weighted by Crippen LogP contribution is -2.40. The fraction of sp³-hybridized carbons (Fsp3) is 0.360. The van der Waals surface area contributed by atoms with Crippen molar-refractivity contribution in [2.24, 2.45) is 0 Å². The molecule has 1 aliphatic heterocycles. The van der Waals surface area contributed by atoms with E-state index in [0.717, 1.165) is 29.4 Å². The quantitative estimate of drug-likeness (QED) is 0.493. The SMILES string of the molecule is Cc1ccc2c(c1)[nH]c(=O)n2C1CCN(C(=O)CCCc2nc3ccccc3c(=O)[nH]2)CC1. The van der Waals surface area contributed by atoms with Crippen LogP contribution in [-0.2, 0) is 11.2 Å². The zero-order chi connectivity index (χ0) is 22.9. The van der Waals surface area contributed by atoms with Crippen LogP contribution in [-0.4, -0.2) is 43.4 Å². The van der Waals surface area contributed by atoms with Gasteiger partial charge in [0, 0.05) is 32.0 Å². The van der Waals surface area contributed by atoms with E-state index in [1.807, 2.05) is 52.8 Å². The Kier molecular flexibility index (Phi) is 5.58. The molecule has 1 saturated heterocycles. The first-order valence-electron chi connectivity index (χ1n) is 11.5. The number of fused-ring (bicyclic) bond motifs is 2. The maximum Gasteiger partial charge on any atom is 0.326 e. The number of imidazole rings is 1. The first kappa shape index (κ1) is 21.2. The summed E-state index contributed by atoms with van der Waals surface area (Å²) < 4.78 is 1.85. The number of H-pyrrole nitrogens is 2. The molecule has 8 heteroatoms. The number of nitrogens with zero attached hydrogens (tertiary/aromatic N) is 3. The van der Waals surface area contributed by atoms with Gasteiger partial charge in [-0.2, -0.15) is 0 Å². The minimum Gasteiger partial charge on any atom is -0.343 e. The predicted octanol–water partition coefficient (Wildman–Crippen LogP) is 3.06. The van der Waals surface area contributed by atoms with Crippen LogP contribution in [0.3, 0.4) is 0 Å². The van der Waals surface area contributed by atoms with Crippen molar-refractivity contribution in [3.05, 3.63) is 74.7 Å². The largest absolute Gasteiger partial charge is 0.343 e. The van der Waals surface area contributed by atoms with Gasteiger partial charge in [-0.1, -0.05) is 18.2 Å². The van der Waals surface area contributed by atoms with Gasteiger partial charge in [0.05, 0.1) is 21.9 Å². The zero-order valence-corrected chi connectivity index (χ0v) is 18.6. The summed E-state index contributed by atoms with van der Waals surface area (Å²) in [6.07, 6.45) is 3.10. The summed E-state index contributed by atoms with van der Waals surface area (Å²) >= 11 is 0. The number of aromatic amines is 2. The highest BCUT2D eigenvalue weighted by atomic mass is 16.2. The number of benzene rings is 2. The summed E-state index contributed by atoms with van der Waals surface area (Å²) in [6.45, 7) is 3.28. The van der Waals surface area contributed by atoms with Crippen molar-refractivity contribution in [2.75, 3.05) is 13.1 Å². The molecule has 0 atom stereocenters. The summed E-state index contributed by atoms with van der Waals surface area (Å²) in [6, 6.07) is 13.3. The average Bonchev–Trinajstić information content (AvgIpc) is 3.14. The molecule has 1 amide bonds. The molecule has 0 saturated carbocycles. The molecule has 3 heterocycles. The van der Waals surface area contributed by atoms with Crippen LogP contribution in [0.5, 0.6) is 0 Å². The number of carbonyl (C=O) groups excluding carboxylic acids is 1. The standard InChI is InChI=1S/C25H27N5O3/c1-16-9-10-21-20(15-16)27-25(33)30(21)17-11-13-29(14-12-17)23(31)8-4-7-22-26-19-6-3-2-5-18(19)24(32)28-22/h2-3,5-6,9-10,15,17H,4,7-8,11-14H2,1H3,(H,27,33)(H,26,28,32). The normalized spacial score (nSPS) is 14.9. The average molecular weight is 446 g/mol. The van der Waals surface area contributed by atoms with Crippen LogP contribution in [0.1, 0.15) is 43.1 Å². The van der Waals surface area contributed by atoms with Crippen molar-refractivity contribution in [2.45, 2.75) is 45.1 Å². The van der Waals surface area contributed by atoms with Gasteiger partial charge in [-0.3, -0.25) is 14.2 Å². The van der Waals surface area contributed by atoms with E-state index >= 15 is 0 Å². The van der Waals surface area contributed by atoms with Crippen molar-refractivity contribution in [3.63, 3.8) is 0 Å². The smallest absolute Gasteiger partial charge is 0.326 e. The Morgan fingerprint density at radius 2 is 1.88 bits per heavy atom. The Labute approximate surface area is 190 Å². The molecule has 33 heavy (non-hydrogen) atoms. The fourth-order valence-electron chi connectivity index (χ4n) is 4.80. The summed E-state index contributed by atoms with van der Waals surface area (Å²) in [5.41, 5.74) is 3.33. The van der Waals surface area contributed by atoms with E-state index in [1.165, 1.54) is 0 Å². The van der Waals surface area contributed by atoms with E-state index in [4.69, 9.17) is 0 Å². The van der Waals surface area contributed by atoms with E-state index in [2.05, 4.69) is 15.0 Å². The highest BCUT2D eigenvalue weighted by molar-refractivity contribution is 5.78. The molecule has 0 spiro atoms. The van der Waals surface area contributed by atoms with Crippen molar-refractivity contribution in [1.82, 2.24) is 24.4 Å². The molecule has 170 valence electrons. The number of amides is 1. The second-order valence-corrected chi connectivity index (χ2v) is 8.82. The van der Waals surface area contributed by atoms with Gasteiger partial charge in [-0.15, -0.1) is 0 Å². The number of likely N-dealkylation sites (tertiary alicyclic amines) is 1. The van der Waals surface area contributed by atoms with Gasteiger partial charge in [-0.05, 0) is 56.0 Å². The van der Waals surface area contributed by atoms with Crippen LogP contribution in [0.2, 0.25) is 0 Å². The number of aromatic nitrogens is 4. The van der Waals surface area contributed by atoms with Gasteiger partial charge < -0.3 is 14.9 Å². The second-order valence-electron chi connectivity index (χ2n) is 8.82. The molecule has 1 fully saturated rings. The van der Waals surface area contributed by atoms with E-state index in [-0.39, 0.29) is 23.2 Å². The summed E-state index contributed by atoms with van der Waals surface area (Å²) in [7, 11) is 0. The van der Waals surface area contributed by atoms with Gasteiger partial charge >= 0.3 is 5.69 Å². The first-order chi connectivity index (χ1) is 16.0. The maximum absolute atomic E-state index is 12.7. The van der Waals surface area contributed by atoms with Crippen LogP contribution in [0.25, 0.3) is 21.9 Å². The highest BCUT2D eigenvalue weighted by Gasteiger charge is 2.25. The topological polar surface area (TPSA) is 104 Å². The molecule has 8 nitrogen and oxygen atoms in total. The Bertz CT molecular complexity index is 1440. The van der Waals surface area contributed by atoms with Gasteiger partial charge in [0.15, 0.2) is 0 Å². The van der Waals surface area contributed by atoms with Crippen LogP contribution in [0, 0.1) is 6.92 Å². The minimum atomic E-state index is -0.147. The van der Waals surface area contributed by atoms with Crippen LogP contribution in [0.4, 0.5) is 0 Å². The summed E-state index contributed by atoms with van der Waals surface area (Å²) in [5, 5.41) is 0.574. The number of para-hydroxylation sites is 1. The van der Waals surface area contributed by atoms with Gasteiger partial charge in [-0.25, -0.2) is 9.78 Å². The third-order valence-corrected chi connectivity index (χ3v) is 6.52. The maximum atomic E-state index is 12.7. The number of aryl methyl sites for hydroxylation is 2. The van der Waals surface area contributed by atoms with Crippen LogP contribution < -0.4 is 11.2 Å². The number of rotatable bonds is 5. The third kappa shape index (κ3) is 4.20. The van der Waals surface area contributed by atoms with E-state index < -0.39 is 0 Å². The minimum absolute atomic E-state index is 0.0859. The molecule has 1 aliphatic rings. The zero-order valence-electron chi connectivity index (χ0n) is 18.6. The molecule has 0 bridgehead atoms. The van der Waals surface area contributed by atoms with Crippen molar-refractivity contribution < 1.29 is 4.79 Å². The molecule has 0 aliphatic carbocycles. The van der Waals surface area contributed by atoms with Crippen LogP contribution in [0.15, 0.2) is 52.1 Å². The highest BCUT2D eigenvalue weighted by Crippen LogP contribution is 2.25. The Hall–Kier alpha value is -3.68. The Morgan fingerprint density at radius 3 is 2.70 bits per heavy atom. The van der Waals surface area contributed by atoms with Crippen molar-refractivity contribution >= 4 is 27.8 Å². The lowest BCUT2D eigenvalue weighted by atomic mass is 10.0. The molecule has 2 N–H and O–H groups in total. The molecular weight excluding hydrogens is 418 g/mol. The molecule has 5 rings (SSSR count).